The van der Waals surface area contributed by atoms with Gasteiger partial charge in [0.15, 0.2) is 5.78 Å². The summed E-state index contributed by atoms with van der Waals surface area (Å²) in [5.74, 6) is 0.769. The number of halogens is 1. The molecule has 0 saturated carbocycles. The van der Waals surface area contributed by atoms with Gasteiger partial charge in [0, 0.05) is 37.4 Å². The monoisotopic (exact) mass is 407 g/mol. The third-order valence-corrected chi connectivity index (χ3v) is 5.38. The third-order valence-electron chi connectivity index (χ3n) is 4.89. The average molecular weight is 408 g/mol. The summed E-state index contributed by atoms with van der Waals surface area (Å²) in [5.41, 5.74) is 5.62. The topological polar surface area (TPSA) is 42.1 Å². The fourth-order valence-electron chi connectivity index (χ4n) is 3.51. The zero-order chi connectivity index (χ0) is 18.4. The van der Waals surface area contributed by atoms with Crippen LogP contribution >= 0.6 is 15.9 Å². The lowest BCUT2D eigenvalue weighted by Crippen LogP contribution is -2.05. The normalized spacial score (nSPS) is 11.2. The summed E-state index contributed by atoms with van der Waals surface area (Å²) < 4.78 is 6.21. The summed E-state index contributed by atoms with van der Waals surface area (Å²) in [7, 11) is 1.62. The van der Waals surface area contributed by atoms with Crippen LogP contribution in [-0.2, 0) is 0 Å². The first-order valence-corrected chi connectivity index (χ1v) is 9.19. The van der Waals surface area contributed by atoms with E-state index in [2.05, 4.69) is 33.0 Å². The summed E-state index contributed by atoms with van der Waals surface area (Å²) in [6.45, 7) is 4.06. The smallest absolute Gasteiger partial charge is 0.193 e. The Morgan fingerprint density at radius 1 is 1.04 bits per heavy atom. The van der Waals surface area contributed by atoms with Crippen molar-refractivity contribution < 1.29 is 9.53 Å². The molecule has 0 bridgehead atoms. The van der Waals surface area contributed by atoms with E-state index < -0.39 is 0 Å². The van der Waals surface area contributed by atoms with Gasteiger partial charge in [-0.2, -0.15) is 0 Å². The first kappa shape index (κ1) is 16.9. The number of H-pyrrole nitrogens is 1. The van der Waals surface area contributed by atoms with Gasteiger partial charge in [0.2, 0.25) is 0 Å². The standard InChI is InChI=1S/C22H18BrNO2/c1-12-10-17(22(25)14-4-7-16(26-3)8-5-14)13(2)20-18-11-15(23)6-9-19(18)24-21(12)20/h4-11,24H,1-3H3. The summed E-state index contributed by atoms with van der Waals surface area (Å²) in [6, 6.07) is 15.4. The van der Waals surface area contributed by atoms with Crippen LogP contribution in [0.2, 0.25) is 0 Å². The Hall–Kier alpha value is -2.59. The molecule has 4 heteroatoms. The highest BCUT2D eigenvalue weighted by atomic mass is 79.9. The first-order valence-electron chi connectivity index (χ1n) is 8.39. The Morgan fingerprint density at radius 3 is 2.46 bits per heavy atom. The second-order valence-corrected chi connectivity index (χ2v) is 7.40. The van der Waals surface area contributed by atoms with Crippen LogP contribution in [0.15, 0.2) is 53.0 Å². The van der Waals surface area contributed by atoms with Crippen LogP contribution in [0.25, 0.3) is 21.8 Å². The molecule has 4 rings (SSSR count). The molecule has 0 fully saturated rings. The lowest BCUT2D eigenvalue weighted by Gasteiger charge is -2.10. The van der Waals surface area contributed by atoms with Crippen molar-refractivity contribution in [2.45, 2.75) is 13.8 Å². The zero-order valence-electron chi connectivity index (χ0n) is 14.8. The Morgan fingerprint density at radius 2 is 1.77 bits per heavy atom. The van der Waals surface area contributed by atoms with Gasteiger partial charge in [0.1, 0.15) is 5.75 Å². The van der Waals surface area contributed by atoms with Crippen molar-refractivity contribution in [2.75, 3.05) is 7.11 Å². The van der Waals surface area contributed by atoms with Gasteiger partial charge in [-0.25, -0.2) is 0 Å². The minimum absolute atomic E-state index is 0.0273. The number of aromatic nitrogens is 1. The predicted octanol–water partition coefficient (Wildman–Crippen LogP) is 5.94. The molecule has 0 unspecified atom stereocenters. The van der Waals surface area contributed by atoms with Crippen LogP contribution in [0.3, 0.4) is 0 Å². The molecule has 0 saturated heterocycles. The van der Waals surface area contributed by atoms with Crippen molar-refractivity contribution in [1.29, 1.82) is 0 Å². The second kappa shape index (κ2) is 6.29. The highest BCUT2D eigenvalue weighted by Gasteiger charge is 2.18. The van der Waals surface area contributed by atoms with Crippen LogP contribution < -0.4 is 4.74 Å². The van der Waals surface area contributed by atoms with Gasteiger partial charge in [-0.05, 0) is 73.5 Å². The van der Waals surface area contributed by atoms with Crippen LogP contribution in [0.5, 0.6) is 5.75 Å². The number of hydrogen-bond acceptors (Lipinski definition) is 2. The summed E-state index contributed by atoms with van der Waals surface area (Å²) in [4.78, 5) is 16.6. The number of ketones is 1. The molecule has 0 amide bonds. The van der Waals surface area contributed by atoms with Crippen LogP contribution in [-0.4, -0.2) is 17.9 Å². The van der Waals surface area contributed by atoms with Crippen molar-refractivity contribution in [3.8, 4) is 5.75 Å². The number of benzene rings is 3. The minimum Gasteiger partial charge on any atom is -0.497 e. The zero-order valence-corrected chi connectivity index (χ0v) is 16.4. The summed E-state index contributed by atoms with van der Waals surface area (Å²) in [5, 5.41) is 2.23. The van der Waals surface area contributed by atoms with Gasteiger partial charge in [-0.1, -0.05) is 15.9 Å². The quantitative estimate of drug-likeness (QED) is 0.427. The Kier molecular flexibility index (Phi) is 4.08. The fraction of sp³-hybridized carbons (Fsp3) is 0.136. The molecule has 4 aromatic rings. The van der Waals surface area contributed by atoms with Crippen LogP contribution in [0.4, 0.5) is 0 Å². The molecule has 1 heterocycles. The predicted molar refractivity (Wildman–Crippen MR) is 109 cm³/mol. The molecule has 0 atom stereocenters. The van der Waals surface area contributed by atoms with E-state index in [1.165, 1.54) is 0 Å². The minimum atomic E-state index is 0.0273. The number of aryl methyl sites for hydroxylation is 2. The second-order valence-electron chi connectivity index (χ2n) is 6.49. The Balaban J connectivity index is 1.95. The van der Waals surface area contributed by atoms with Crippen molar-refractivity contribution in [1.82, 2.24) is 4.98 Å². The molecule has 3 nitrogen and oxygen atoms in total. The number of rotatable bonds is 3. The Labute approximate surface area is 160 Å². The molecule has 1 aromatic heterocycles. The maximum atomic E-state index is 13.1. The first-order chi connectivity index (χ1) is 12.5. The Bertz CT molecular complexity index is 1160. The average Bonchev–Trinajstić information content (AvgIpc) is 3.03. The number of carbonyl (C=O) groups is 1. The van der Waals surface area contributed by atoms with E-state index >= 15 is 0 Å². The van der Waals surface area contributed by atoms with E-state index in [0.29, 0.717) is 5.56 Å². The number of fused-ring (bicyclic) bond motifs is 3. The number of nitrogens with one attached hydrogen (secondary N) is 1. The SMILES string of the molecule is COc1ccc(C(=O)c2cc(C)c3[nH]c4ccc(Br)cc4c3c2C)cc1. The summed E-state index contributed by atoms with van der Waals surface area (Å²) >= 11 is 3.55. The van der Waals surface area contributed by atoms with Gasteiger partial charge >= 0.3 is 0 Å². The van der Waals surface area contributed by atoms with E-state index in [0.717, 1.165) is 48.7 Å². The highest BCUT2D eigenvalue weighted by Crippen LogP contribution is 2.34. The molecule has 3 aromatic carbocycles. The lowest BCUT2D eigenvalue weighted by molar-refractivity contribution is 0.103. The van der Waals surface area contributed by atoms with E-state index in [9.17, 15) is 4.79 Å². The van der Waals surface area contributed by atoms with Gasteiger partial charge < -0.3 is 9.72 Å². The number of ether oxygens (including phenoxy) is 1. The third kappa shape index (κ3) is 2.61. The number of hydrogen-bond donors (Lipinski definition) is 1. The maximum absolute atomic E-state index is 13.1. The number of aromatic amines is 1. The molecule has 130 valence electrons. The fourth-order valence-corrected chi connectivity index (χ4v) is 3.88. The molecule has 0 aliphatic rings. The van der Waals surface area contributed by atoms with Crippen molar-refractivity contribution in [2.24, 2.45) is 0 Å². The summed E-state index contributed by atoms with van der Waals surface area (Å²) in [6.07, 6.45) is 0. The van der Waals surface area contributed by atoms with Gasteiger partial charge in [-0.15, -0.1) is 0 Å². The highest BCUT2D eigenvalue weighted by molar-refractivity contribution is 9.10. The molecule has 26 heavy (non-hydrogen) atoms. The molecule has 0 aliphatic heterocycles. The van der Waals surface area contributed by atoms with Crippen molar-refractivity contribution in [3.05, 3.63) is 75.3 Å². The van der Waals surface area contributed by atoms with E-state index in [-0.39, 0.29) is 5.78 Å². The largest absolute Gasteiger partial charge is 0.497 e. The molecular weight excluding hydrogens is 390 g/mol. The van der Waals surface area contributed by atoms with Crippen LogP contribution in [0, 0.1) is 13.8 Å². The molecule has 0 aliphatic carbocycles. The lowest BCUT2D eigenvalue weighted by atomic mass is 9.93. The van der Waals surface area contributed by atoms with Crippen molar-refractivity contribution in [3.63, 3.8) is 0 Å². The van der Waals surface area contributed by atoms with E-state index in [1.54, 1.807) is 7.11 Å². The number of methoxy groups -OCH3 is 1. The molecular formula is C22H18BrNO2. The molecule has 1 N–H and O–H groups in total. The van der Waals surface area contributed by atoms with Gasteiger partial charge in [-0.3, -0.25) is 4.79 Å². The van der Waals surface area contributed by atoms with Gasteiger partial charge in [0.25, 0.3) is 0 Å². The maximum Gasteiger partial charge on any atom is 0.193 e. The van der Waals surface area contributed by atoms with E-state index in [4.69, 9.17) is 4.74 Å². The molecule has 0 spiro atoms. The van der Waals surface area contributed by atoms with Gasteiger partial charge in [0.05, 0.1) is 7.11 Å². The molecule has 0 radical (unpaired) electrons. The van der Waals surface area contributed by atoms with Crippen LogP contribution in [0.1, 0.15) is 27.0 Å². The van der Waals surface area contributed by atoms with E-state index in [1.807, 2.05) is 50.2 Å². The van der Waals surface area contributed by atoms with Crippen molar-refractivity contribution >= 4 is 43.5 Å². The number of carbonyl (C=O) groups excluding carboxylic acids is 1.